The molecule has 0 saturated carbocycles. The Hall–Kier alpha value is -0.240. The molecule has 1 aromatic carbocycles. The van der Waals surface area contributed by atoms with E-state index in [1.54, 1.807) is 0 Å². The Labute approximate surface area is 85.0 Å². The van der Waals surface area contributed by atoms with Crippen molar-refractivity contribution in [3.8, 4) is 0 Å². The van der Waals surface area contributed by atoms with Crippen molar-refractivity contribution in [3.63, 3.8) is 0 Å². The lowest BCUT2D eigenvalue weighted by Gasteiger charge is -2.25. The lowest BCUT2D eigenvalue weighted by atomic mass is 10.3. The fraction of sp³-hybridized carbons (Fsp3) is 0.333. The summed E-state index contributed by atoms with van der Waals surface area (Å²) in [6.45, 7) is 0. The number of rotatable bonds is 2. The quantitative estimate of drug-likeness (QED) is 0.346. The minimum Gasteiger partial charge on any atom is -1.00 e. The van der Waals surface area contributed by atoms with Crippen molar-refractivity contribution in [1.82, 2.24) is 4.48 Å². The molecule has 0 saturated heterocycles. The lowest BCUT2D eigenvalue weighted by Crippen LogP contribution is -3.00. The number of alkyl halides is 1. The first-order valence-corrected chi connectivity index (χ1v) is 4.15. The average Bonchev–Trinajstić information content (AvgIpc) is 2.06. The second-order valence-corrected chi connectivity index (χ2v) is 3.38. The fourth-order valence-electron chi connectivity index (χ4n) is 0.901. The Kier molecular flexibility index (Phi) is 4.61. The molecular weight excluding hydrogens is 193 g/mol. The molecule has 68 valence electrons. The van der Waals surface area contributed by atoms with E-state index in [2.05, 4.69) is 26.2 Å². The summed E-state index contributed by atoms with van der Waals surface area (Å²) in [6, 6.07) is 10.8. The minimum absolute atomic E-state index is 0. The minimum atomic E-state index is 0. The van der Waals surface area contributed by atoms with Gasteiger partial charge in [-0.25, -0.2) is 0 Å². The highest BCUT2D eigenvalue weighted by molar-refractivity contribution is 6.18. The summed E-state index contributed by atoms with van der Waals surface area (Å²) >= 11 is 5.80. The molecule has 0 aromatic heterocycles. The van der Waals surface area contributed by atoms with E-state index in [1.165, 1.54) is 5.69 Å². The van der Waals surface area contributed by atoms with Crippen molar-refractivity contribution in [2.45, 2.75) is 0 Å². The van der Waals surface area contributed by atoms with Gasteiger partial charge in [0, 0.05) is 0 Å². The molecule has 0 heterocycles. The molecule has 3 heteroatoms. The van der Waals surface area contributed by atoms with E-state index in [0.29, 0.717) is 6.00 Å². The van der Waals surface area contributed by atoms with Gasteiger partial charge >= 0.3 is 0 Å². The Bertz CT molecular complexity index is 221. The molecule has 0 spiro atoms. The summed E-state index contributed by atoms with van der Waals surface area (Å²) in [4.78, 5) is 0. The summed E-state index contributed by atoms with van der Waals surface area (Å²) in [5.41, 5.74) is 1.24. The molecule has 0 amide bonds. The van der Waals surface area contributed by atoms with Crippen molar-refractivity contribution >= 4 is 17.3 Å². The first-order valence-electron chi connectivity index (χ1n) is 3.61. The van der Waals surface area contributed by atoms with E-state index in [4.69, 9.17) is 11.6 Å². The van der Waals surface area contributed by atoms with Crippen LogP contribution in [0.25, 0.3) is 0 Å². The van der Waals surface area contributed by atoms with Crippen LogP contribution in [0, 0.1) is 0 Å². The number of hydrogen-bond donors (Lipinski definition) is 0. The van der Waals surface area contributed by atoms with Crippen LogP contribution in [-0.2, 0) is 0 Å². The van der Waals surface area contributed by atoms with Crippen LogP contribution < -0.4 is 16.9 Å². The Balaban J connectivity index is 0.00000121. The third kappa shape index (κ3) is 2.67. The van der Waals surface area contributed by atoms with Crippen molar-refractivity contribution in [2.24, 2.45) is 0 Å². The van der Waals surface area contributed by atoms with Crippen LogP contribution in [0.5, 0.6) is 0 Å². The predicted octanol–water partition coefficient (Wildman–Crippen LogP) is -0.546. The van der Waals surface area contributed by atoms with Crippen molar-refractivity contribution < 1.29 is 12.4 Å². The fourth-order valence-corrected chi connectivity index (χ4v) is 1.04. The first-order chi connectivity index (χ1) is 5.17. The van der Waals surface area contributed by atoms with Gasteiger partial charge in [-0.3, -0.25) is 4.48 Å². The molecule has 0 N–H and O–H groups in total. The van der Waals surface area contributed by atoms with Crippen molar-refractivity contribution in [2.75, 3.05) is 20.1 Å². The zero-order valence-electron chi connectivity index (χ0n) is 7.30. The van der Waals surface area contributed by atoms with Gasteiger partial charge in [-0.1, -0.05) is 29.8 Å². The van der Waals surface area contributed by atoms with Crippen molar-refractivity contribution in [1.29, 1.82) is 0 Å². The molecule has 0 aliphatic heterocycles. The molecule has 0 aliphatic rings. The van der Waals surface area contributed by atoms with E-state index in [9.17, 15) is 0 Å². The number of hydrogen-bond acceptors (Lipinski definition) is 0. The van der Waals surface area contributed by atoms with Gasteiger partial charge in [-0.15, -0.1) is 0 Å². The van der Waals surface area contributed by atoms with Crippen LogP contribution in [0.1, 0.15) is 0 Å². The highest BCUT2D eigenvalue weighted by atomic mass is 35.5. The predicted molar refractivity (Wildman–Crippen MR) is 50.8 cm³/mol. The summed E-state index contributed by atoms with van der Waals surface area (Å²) in [7, 11) is 4.17. The van der Waals surface area contributed by atoms with Gasteiger partial charge in [0.2, 0.25) is 0 Å². The molecule has 1 rings (SSSR count). The number of quaternary nitrogens is 1. The molecule has 12 heavy (non-hydrogen) atoms. The summed E-state index contributed by atoms with van der Waals surface area (Å²) in [5.74, 6) is 0. The van der Waals surface area contributed by atoms with Gasteiger partial charge in [0.05, 0.1) is 14.1 Å². The van der Waals surface area contributed by atoms with Gasteiger partial charge in [-0.05, 0) is 12.1 Å². The molecule has 0 fully saturated rings. The molecule has 0 aliphatic carbocycles. The molecule has 0 radical (unpaired) electrons. The van der Waals surface area contributed by atoms with E-state index in [0.717, 1.165) is 4.48 Å². The van der Waals surface area contributed by atoms with Crippen LogP contribution in [-0.4, -0.2) is 20.1 Å². The topological polar surface area (TPSA) is 0 Å². The number of para-hydroxylation sites is 1. The monoisotopic (exact) mass is 205 g/mol. The average molecular weight is 206 g/mol. The third-order valence-electron chi connectivity index (χ3n) is 1.75. The zero-order chi connectivity index (χ0) is 8.32. The highest BCUT2D eigenvalue weighted by Crippen LogP contribution is 2.17. The zero-order valence-corrected chi connectivity index (χ0v) is 8.81. The van der Waals surface area contributed by atoms with Crippen LogP contribution in [0.4, 0.5) is 5.69 Å². The maximum absolute atomic E-state index is 5.80. The standard InChI is InChI=1S/C9H13ClN.ClH/c1-11(2,8-10)9-6-4-3-5-7-9;/h3-7H,8H2,1-2H3;1H/q+1;/p-1. The second-order valence-electron chi connectivity index (χ2n) is 3.14. The summed E-state index contributed by atoms with van der Waals surface area (Å²) < 4.78 is 0.725. The Morgan fingerprint density at radius 2 is 1.67 bits per heavy atom. The second kappa shape index (κ2) is 4.70. The molecule has 0 bridgehead atoms. The van der Waals surface area contributed by atoms with Crippen LogP contribution in [0.2, 0.25) is 0 Å². The SMILES string of the molecule is C[N+](C)(CCl)c1ccccc1.[Cl-]. The molecule has 0 unspecified atom stereocenters. The van der Waals surface area contributed by atoms with Gasteiger partial charge in [0.15, 0.2) is 6.00 Å². The van der Waals surface area contributed by atoms with Crippen LogP contribution in [0.3, 0.4) is 0 Å². The van der Waals surface area contributed by atoms with E-state index >= 15 is 0 Å². The Morgan fingerprint density at radius 3 is 2.08 bits per heavy atom. The number of benzene rings is 1. The largest absolute Gasteiger partial charge is 1.00 e. The Morgan fingerprint density at radius 1 is 1.17 bits per heavy atom. The lowest BCUT2D eigenvalue weighted by molar-refractivity contribution is -0.00000240. The molecule has 0 atom stereocenters. The maximum atomic E-state index is 5.80. The van der Waals surface area contributed by atoms with Crippen LogP contribution in [0.15, 0.2) is 30.3 Å². The van der Waals surface area contributed by atoms with Crippen LogP contribution >= 0.6 is 11.6 Å². The van der Waals surface area contributed by atoms with Gasteiger partial charge in [0.25, 0.3) is 0 Å². The van der Waals surface area contributed by atoms with Gasteiger partial charge in [0.1, 0.15) is 5.69 Å². The van der Waals surface area contributed by atoms with E-state index in [1.807, 2.05) is 18.2 Å². The summed E-state index contributed by atoms with van der Waals surface area (Å²) in [5, 5.41) is 0. The van der Waals surface area contributed by atoms with E-state index in [-0.39, 0.29) is 12.4 Å². The normalized spacial score (nSPS) is 10.6. The van der Waals surface area contributed by atoms with Gasteiger partial charge in [-0.2, -0.15) is 0 Å². The first kappa shape index (κ1) is 11.8. The highest BCUT2D eigenvalue weighted by Gasteiger charge is 2.15. The summed E-state index contributed by atoms with van der Waals surface area (Å²) in [6.07, 6.45) is 0. The number of nitrogens with zero attached hydrogens (tertiary/aromatic N) is 1. The molecular formula is C9H13Cl2N. The third-order valence-corrected chi connectivity index (χ3v) is 2.35. The molecule has 1 nitrogen and oxygen atoms in total. The van der Waals surface area contributed by atoms with E-state index < -0.39 is 0 Å². The van der Waals surface area contributed by atoms with Crippen molar-refractivity contribution in [3.05, 3.63) is 30.3 Å². The van der Waals surface area contributed by atoms with Gasteiger partial charge < -0.3 is 12.4 Å². The molecule has 1 aromatic rings. The maximum Gasteiger partial charge on any atom is 0.159 e. The smallest absolute Gasteiger partial charge is 0.159 e. The number of halogens is 2.